The zero-order valence-electron chi connectivity index (χ0n) is 68.9. The molecule has 111 heavy (non-hydrogen) atoms. The third-order valence-electron chi connectivity index (χ3n) is 21.3. The van der Waals surface area contributed by atoms with Crippen LogP contribution in [0.4, 0.5) is 0 Å². The largest absolute Gasteiger partial charge is 0.394 e. The molecule has 0 aromatic heterocycles. The third-order valence-corrected chi connectivity index (χ3v) is 21.3. The van der Waals surface area contributed by atoms with E-state index in [4.69, 9.17) is 28.4 Å². The predicted molar refractivity (Wildman–Crippen MR) is 447 cm³/mol. The van der Waals surface area contributed by atoms with Crippen LogP contribution in [0.3, 0.4) is 0 Å². The summed E-state index contributed by atoms with van der Waals surface area (Å²) in [7, 11) is 0. The second-order valence-electron chi connectivity index (χ2n) is 31.0. The van der Waals surface area contributed by atoms with Gasteiger partial charge in [-0.3, -0.25) is 4.79 Å². The molecule has 640 valence electrons. The summed E-state index contributed by atoms with van der Waals surface area (Å²) in [4.78, 5) is 13.5. The van der Waals surface area contributed by atoms with Gasteiger partial charge in [0.2, 0.25) is 5.91 Å². The summed E-state index contributed by atoms with van der Waals surface area (Å²) >= 11 is 0. The van der Waals surface area contributed by atoms with E-state index >= 15 is 0 Å². The summed E-state index contributed by atoms with van der Waals surface area (Å²) in [6.45, 7) is 1.65. The number of aliphatic hydroxyl groups excluding tert-OH is 11. The number of aliphatic hydroxyl groups is 11. The number of carbonyl (C=O) groups excluding carboxylic acids is 1. The molecule has 0 radical (unpaired) electrons. The molecular weight excluding hydrogens is 1410 g/mol. The van der Waals surface area contributed by atoms with Gasteiger partial charge in [0.1, 0.15) is 73.2 Å². The van der Waals surface area contributed by atoms with Crippen molar-refractivity contribution in [3.63, 3.8) is 0 Å². The van der Waals surface area contributed by atoms with E-state index in [-0.39, 0.29) is 18.9 Å². The fourth-order valence-corrected chi connectivity index (χ4v) is 14.2. The van der Waals surface area contributed by atoms with Gasteiger partial charge in [-0.25, -0.2) is 0 Å². The van der Waals surface area contributed by atoms with Crippen molar-refractivity contribution in [3.05, 3.63) is 122 Å². The van der Waals surface area contributed by atoms with Crippen LogP contribution < -0.4 is 5.32 Å². The smallest absolute Gasteiger partial charge is 0.220 e. The van der Waals surface area contributed by atoms with Gasteiger partial charge in [-0.2, -0.15) is 0 Å². The zero-order valence-corrected chi connectivity index (χ0v) is 68.9. The average molecular weight is 1570 g/mol. The van der Waals surface area contributed by atoms with Crippen molar-refractivity contribution in [1.29, 1.82) is 0 Å². The van der Waals surface area contributed by atoms with Crippen LogP contribution in [0.2, 0.25) is 0 Å². The Morgan fingerprint density at radius 2 is 0.622 bits per heavy atom. The minimum Gasteiger partial charge on any atom is -0.394 e. The lowest BCUT2D eigenvalue weighted by molar-refractivity contribution is -0.379. The standard InChI is InChI=1S/C92H159NO18/c1-3-5-7-9-11-13-15-17-19-21-23-25-27-29-30-31-32-33-34-35-36-37-38-39-40-41-42-43-44-46-48-50-52-54-56-58-60-62-64-66-68-70-80(98)93-75(76(97)69-67-65-63-61-59-57-55-53-51-49-47-45-28-26-24-22-20-18-16-14-12-10-8-6-4-2)74-106-90-86(104)83(101)88(78(72-95)108-90)111-92-87(105)84(102)89(79(73-96)109-92)110-91-85(103)82(100)81(99)77(71-94)107-91/h5,7,11,13,17,19,23,25,29-30,32-33,35-36,38-39,41-42,67,69,75-79,81-92,94-97,99-105H,3-4,6,8-10,12,14-16,18,20-22,24,26-28,31,34,37,40,43-66,68,70-74H2,1-2H3,(H,93,98)/b7-5-,13-11-,19-17-,25-23-,30-29-,33-32-,36-35-,39-38-,42-41-,69-67+. The molecule has 3 saturated heterocycles. The van der Waals surface area contributed by atoms with Crippen LogP contribution in [0.1, 0.15) is 322 Å². The summed E-state index contributed by atoms with van der Waals surface area (Å²) in [5.74, 6) is -0.277. The number of hydrogen-bond donors (Lipinski definition) is 12. The third kappa shape index (κ3) is 49.1. The van der Waals surface area contributed by atoms with Gasteiger partial charge in [-0.1, -0.05) is 347 Å². The van der Waals surface area contributed by atoms with E-state index < -0.39 is 124 Å². The molecule has 0 spiro atoms. The molecule has 3 heterocycles. The van der Waals surface area contributed by atoms with E-state index in [9.17, 15) is 61.0 Å². The molecule has 3 aliphatic rings. The summed E-state index contributed by atoms with van der Waals surface area (Å²) < 4.78 is 34.5. The number of carbonyl (C=O) groups is 1. The minimum atomic E-state index is -1.98. The molecule has 17 atom stereocenters. The van der Waals surface area contributed by atoms with Crippen LogP contribution in [0.15, 0.2) is 122 Å². The first-order valence-electron chi connectivity index (χ1n) is 44.3. The Hall–Kier alpha value is -3.81. The topological polar surface area (TPSA) is 307 Å². The molecule has 3 fully saturated rings. The molecule has 17 unspecified atom stereocenters. The predicted octanol–water partition coefficient (Wildman–Crippen LogP) is 16.6. The van der Waals surface area contributed by atoms with E-state index in [0.29, 0.717) is 6.42 Å². The van der Waals surface area contributed by atoms with Crippen LogP contribution in [-0.2, 0) is 33.2 Å². The van der Waals surface area contributed by atoms with E-state index in [2.05, 4.69) is 129 Å². The van der Waals surface area contributed by atoms with Crippen LogP contribution >= 0.6 is 0 Å². The maximum atomic E-state index is 13.5. The van der Waals surface area contributed by atoms with Crippen molar-refractivity contribution in [2.24, 2.45) is 0 Å². The van der Waals surface area contributed by atoms with Gasteiger partial charge in [0.05, 0.1) is 38.6 Å². The highest BCUT2D eigenvalue weighted by molar-refractivity contribution is 5.76. The monoisotopic (exact) mass is 1570 g/mol. The fraction of sp³-hybridized carbons (Fsp3) is 0.772. The van der Waals surface area contributed by atoms with E-state index in [1.165, 1.54) is 180 Å². The minimum absolute atomic E-state index is 0.236. The Labute approximate surface area is 671 Å². The molecule has 0 aliphatic carbocycles. The van der Waals surface area contributed by atoms with Gasteiger partial charge in [0.15, 0.2) is 18.9 Å². The highest BCUT2D eigenvalue weighted by Crippen LogP contribution is 2.33. The SMILES string of the molecule is CC/C=C\C/C=C\C/C=C\C/C=C\C/C=C\C/C=C\C/C=C\C/C=C\C/C=C\CCCCCCCCCCCCCCCC(=O)NC(COC1OC(CO)C(OC2OC(CO)C(OC3OC(CO)C(O)C(O)C3O)C(O)C2O)C(O)C1O)C(O)/C=C/CCCCCCCCCCCCCCCCCCCCCCCCC. The first-order chi connectivity index (χ1) is 54.3. The number of ether oxygens (including phenoxy) is 6. The Bertz CT molecular complexity index is 2480. The Morgan fingerprint density at radius 1 is 0.333 bits per heavy atom. The van der Waals surface area contributed by atoms with Crippen molar-refractivity contribution in [2.75, 3.05) is 26.4 Å². The van der Waals surface area contributed by atoms with Crippen molar-refractivity contribution in [2.45, 2.75) is 426 Å². The number of allylic oxidation sites excluding steroid dienone is 19. The maximum Gasteiger partial charge on any atom is 0.220 e. The van der Waals surface area contributed by atoms with Crippen molar-refractivity contribution >= 4 is 5.91 Å². The highest BCUT2D eigenvalue weighted by atomic mass is 16.8. The molecule has 1 amide bonds. The molecule has 0 saturated carbocycles. The van der Waals surface area contributed by atoms with Crippen LogP contribution in [-0.4, -0.2) is 193 Å². The van der Waals surface area contributed by atoms with Gasteiger partial charge >= 0.3 is 0 Å². The number of amides is 1. The average Bonchev–Trinajstić information content (AvgIpc) is 0.780. The van der Waals surface area contributed by atoms with Gasteiger partial charge in [0.25, 0.3) is 0 Å². The van der Waals surface area contributed by atoms with Crippen LogP contribution in [0.5, 0.6) is 0 Å². The van der Waals surface area contributed by atoms with E-state index in [0.717, 1.165) is 116 Å². The van der Waals surface area contributed by atoms with Crippen molar-refractivity contribution < 1.29 is 89.4 Å². The number of nitrogens with one attached hydrogen (secondary N) is 1. The molecule has 3 aliphatic heterocycles. The number of hydrogen-bond acceptors (Lipinski definition) is 18. The van der Waals surface area contributed by atoms with Crippen LogP contribution in [0, 0.1) is 0 Å². The lowest BCUT2D eigenvalue weighted by Crippen LogP contribution is -2.66. The Kier molecular flexibility index (Phi) is 64.3. The molecule has 19 heteroatoms. The molecule has 19 nitrogen and oxygen atoms in total. The molecular formula is C92H159NO18. The van der Waals surface area contributed by atoms with Gasteiger partial charge in [-0.05, 0) is 89.9 Å². The summed E-state index contributed by atoms with van der Waals surface area (Å²) in [5, 5.41) is 121. The maximum absolute atomic E-state index is 13.5. The van der Waals surface area contributed by atoms with E-state index in [1.54, 1.807) is 6.08 Å². The number of rotatable bonds is 70. The molecule has 0 bridgehead atoms. The van der Waals surface area contributed by atoms with Gasteiger partial charge in [-0.15, -0.1) is 0 Å². The first-order valence-corrected chi connectivity index (χ1v) is 44.3. The molecule has 12 N–H and O–H groups in total. The van der Waals surface area contributed by atoms with Gasteiger partial charge in [0, 0.05) is 6.42 Å². The van der Waals surface area contributed by atoms with E-state index in [1.807, 2.05) is 6.08 Å². The fourth-order valence-electron chi connectivity index (χ4n) is 14.2. The van der Waals surface area contributed by atoms with Gasteiger partial charge < -0.3 is 89.9 Å². The molecule has 3 rings (SSSR count). The first kappa shape index (κ1) is 101. The normalized spacial score (nSPS) is 25.6. The lowest BCUT2D eigenvalue weighted by atomic mass is 9.96. The second kappa shape index (κ2) is 70.4. The summed E-state index contributed by atoms with van der Waals surface area (Å²) in [6.07, 6.45) is 73.3. The lowest BCUT2D eigenvalue weighted by Gasteiger charge is -2.48. The highest BCUT2D eigenvalue weighted by Gasteiger charge is 2.54. The van der Waals surface area contributed by atoms with Crippen LogP contribution in [0.25, 0.3) is 0 Å². The second-order valence-corrected chi connectivity index (χ2v) is 31.0. The Balaban J connectivity index is 1.33. The molecule has 0 aromatic rings. The Morgan fingerprint density at radius 3 is 0.973 bits per heavy atom. The zero-order chi connectivity index (χ0) is 80.3. The number of unbranched alkanes of at least 4 members (excludes halogenated alkanes) is 36. The summed E-state index contributed by atoms with van der Waals surface area (Å²) in [6, 6.07) is -0.982. The summed E-state index contributed by atoms with van der Waals surface area (Å²) in [5.41, 5.74) is 0. The quantitative estimate of drug-likeness (QED) is 0.0199. The van der Waals surface area contributed by atoms with Crippen molar-refractivity contribution in [3.8, 4) is 0 Å². The molecule has 0 aromatic carbocycles. The van der Waals surface area contributed by atoms with Crippen molar-refractivity contribution in [1.82, 2.24) is 5.32 Å².